The minimum atomic E-state index is -0.261. The lowest BCUT2D eigenvalue weighted by atomic mass is 9.69. The highest BCUT2D eigenvalue weighted by Crippen LogP contribution is 2.50. The van der Waals surface area contributed by atoms with E-state index in [2.05, 4.69) is 67.8 Å². The van der Waals surface area contributed by atoms with Crippen molar-refractivity contribution in [2.45, 2.75) is 89.1 Å². The molecule has 1 aromatic rings. The molecule has 34 heavy (non-hydrogen) atoms. The van der Waals surface area contributed by atoms with Crippen LogP contribution in [0.2, 0.25) is 0 Å². The number of allylic oxidation sites excluding steroid dienone is 3. The average Bonchev–Trinajstić information content (AvgIpc) is 3.24. The molecular formula is C30H35N3O. The number of rotatable bonds is 2. The molecule has 0 amide bonds. The van der Waals surface area contributed by atoms with Gasteiger partial charge in [0.05, 0.1) is 12.6 Å². The van der Waals surface area contributed by atoms with Gasteiger partial charge in [0.15, 0.2) is 0 Å². The fourth-order valence-corrected chi connectivity index (χ4v) is 6.32. The van der Waals surface area contributed by atoms with Crippen LogP contribution in [-0.4, -0.2) is 18.7 Å². The maximum atomic E-state index is 9.49. The summed E-state index contributed by atoms with van der Waals surface area (Å²) in [6, 6.07) is 6.84. The highest BCUT2D eigenvalue weighted by atomic mass is 16.5. The van der Waals surface area contributed by atoms with Crippen molar-refractivity contribution in [3.05, 3.63) is 69.4 Å². The van der Waals surface area contributed by atoms with Gasteiger partial charge in [-0.05, 0) is 95.9 Å². The molecule has 1 saturated carbocycles. The highest BCUT2D eigenvalue weighted by Gasteiger charge is 2.41. The van der Waals surface area contributed by atoms with Crippen LogP contribution in [0.3, 0.4) is 0 Å². The van der Waals surface area contributed by atoms with Gasteiger partial charge in [0, 0.05) is 25.2 Å². The Hall–Kier alpha value is -2.98. The summed E-state index contributed by atoms with van der Waals surface area (Å²) in [5, 5.41) is 9.49. The highest BCUT2D eigenvalue weighted by molar-refractivity contribution is 5.72. The number of nitriles is 1. The summed E-state index contributed by atoms with van der Waals surface area (Å²) < 4.78 is 6.52. The smallest absolute Gasteiger partial charge is 0.265 e. The Balaban J connectivity index is 1.56. The summed E-state index contributed by atoms with van der Waals surface area (Å²) in [7, 11) is 0. The van der Waals surface area contributed by atoms with Crippen LogP contribution in [0.1, 0.15) is 89.3 Å². The van der Waals surface area contributed by atoms with E-state index in [-0.39, 0.29) is 22.1 Å². The molecule has 1 fully saturated rings. The number of anilines is 1. The van der Waals surface area contributed by atoms with E-state index in [0.29, 0.717) is 6.42 Å². The van der Waals surface area contributed by atoms with Crippen LogP contribution in [0.25, 0.3) is 10.9 Å². The summed E-state index contributed by atoms with van der Waals surface area (Å²) in [6.45, 7) is 19.2. The first-order valence-electron chi connectivity index (χ1n) is 12.7. The molecule has 0 aromatic heterocycles. The molecule has 0 bridgehead atoms. The lowest BCUT2D eigenvalue weighted by molar-refractivity contribution is 0.00776. The second kappa shape index (κ2) is 8.06. The van der Waals surface area contributed by atoms with Crippen molar-refractivity contribution in [2.24, 2.45) is 0 Å². The molecule has 4 nitrogen and oxygen atoms in total. The predicted molar refractivity (Wildman–Crippen MR) is 137 cm³/mol. The van der Waals surface area contributed by atoms with Crippen LogP contribution in [0.4, 0.5) is 5.69 Å². The maximum Gasteiger partial charge on any atom is 0.265 e. The first-order valence-corrected chi connectivity index (χ1v) is 12.7. The average molecular weight is 454 g/mol. The van der Waals surface area contributed by atoms with E-state index >= 15 is 0 Å². The van der Waals surface area contributed by atoms with Gasteiger partial charge in [-0.3, -0.25) is 0 Å². The number of ether oxygens (including phenoxy) is 1. The molecule has 0 atom stereocenters. The van der Waals surface area contributed by atoms with E-state index in [1.165, 1.54) is 35.2 Å². The maximum absolute atomic E-state index is 9.49. The summed E-state index contributed by atoms with van der Waals surface area (Å²) >= 11 is 0. The van der Waals surface area contributed by atoms with Gasteiger partial charge in [0.25, 0.3) is 5.70 Å². The van der Waals surface area contributed by atoms with Gasteiger partial charge in [0.1, 0.15) is 11.4 Å². The van der Waals surface area contributed by atoms with E-state index < -0.39 is 0 Å². The third kappa shape index (κ3) is 3.84. The quantitative estimate of drug-likeness (QED) is 0.352. The number of nitrogens with zero attached hydrogens (tertiary/aromatic N) is 3. The van der Waals surface area contributed by atoms with Crippen LogP contribution in [0, 0.1) is 17.9 Å². The lowest BCUT2D eigenvalue weighted by Gasteiger charge is -2.48. The molecule has 0 saturated heterocycles. The molecule has 176 valence electrons. The minimum absolute atomic E-state index is 0.152. The fraction of sp³-hybridized carbons (Fsp3) is 0.533. The summed E-state index contributed by atoms with van der Waals surface area (Å²) in [5.74, 6) is 0.770. The molecule has 4 aliphatic rings. The molecule has 5 rings (SSSR count). The third-order valence-electron chi connectivity index (χ3n) is 8.56. The summed E-state index contributed by atoms with van der Waals surface area (Å²) in [6.07, 6.45) is 13.4. The van der Waals surface area contributed by atoms with Crippen molar-refractivity contribution < 1.29 is 4.74 Å². The topological polar surface area (TPSA) is 40.6 Å². The van der Waals surface area contributed by atoms with Gasteiger partial charge in [-0.1, -0.05) is 33.8 Å². The van der Waals surface area contributed by atoms with Gasteiger partial charge in [-0.2, -0.15) is 0 Å². The molecule has 4 heteroatoms. The molecule has 3 heterocycles. The van der Waals surface area contributed by atoms with Crippen LogP contribution in [0.15, 0.2) is 41.3 Å². The van der Waals surface area contributed by atoms with Crippen LogP contribution in [-0.2, 0) is 15.6 Å². The second-order valence-corrected chi connectivity index (χ2v) is 11.9. The number of benzene rings is 1. The molecule has 0 unspecified atom stereocenters. The Labute approximate surface area is 204 Å². The molecule has 0 radical (unpaired) electrons. The monoisotopic (exact) mass is 453 g/mol. The number of hydrogen-bond donors (Lipinski definition) is 0. The largest absolute Gasteiger partial charge is 0.487 e. The van der Waals surface area contributed by atoms with Crippen molar-refractivity contribution in [2.75, 3.05) is 18.0 Å². The number of hydrogen-bond acceptors (Lipinski definition) is 3. The third-order valence-corrected chi connectivity index (χ3v) is 8.56. The minimum Gasteiger partial charge on any atom is -0.487 e. The van der Waals surface area contributed by atoms with Gasteiger partial charge < -0.3 is 9.64 Å². The molecule has 1 aliphatic carbocycles. The van der Waals surface area contributed by atoms with Crippen molar-refractivity contribution >= 4 is 11.8 Å². The first kappa shape index (κ1) is 22.8. The van der Waals surface area contributed by atoms with E-state index in [0.717, 1.165) is 50.1 Å². The van der Waals surface area contributed by atoms with Crippen molar-refractivity contribution in [3.8, 4) is 6.07 Å². The van der Waals surface area contributed by atoms with Crippen molar-refractivity contribution in [1.29, 1.82) is 5.26 Å². The van der Waals surface area contributed by atoms with Crippen LogP contribution < -0.4 is 4.90 Å². The molecule has 1 aromatic carbocycles. The Morgan fingerprint density at radius 1 is 1.03 bits per heavy atom. The summed E-state index contributed by atoms with van der Waals surface area (Å²) in [4.78, 5) is 6.09. The van der Waals surface area contributed by atoms with E-state index in [1.54, 1.807) is 0 Å². The SMILES string of the molecule is [C-]#[N+]/C(C#N)=C1C=C(/C=C/c2cc3c4c(c2)C(C)(C)CCN4CCC3(C)C)OC2(CCCC2)C\1. The van der Waals surface area contributed by atoms with Gasteiger partial charge in [-0.25, -0.2) is 10.1 Å². The van der Waals surface area contributed by atoms with E-state index in [9.17, 15) is 5.26 Å². The molecule has 0 N–H and O–H groups in total. The normalized spacial score (nSPS) is 25.2. The summed E-state index contributed by atoms with van der Waals surface area (Å²) in [5.41, 5.74) is 6.63. The predicted octanol–water partition coefficient (Wildman–Crippen LogP) is 7.18. The zero-order chi connectivity index (χ0) is 24.1. The van der Waals surface area contributed by atoms with Crippen molar-refractivity contribution in [1.82, 2.24) is 0 Å². The standard InChI is InChI=1S/C30H35N3O/c1-28(2)12-14-33-15-13-29(3,4)25-17-21(16-24(28)27(25)33)8-9-23-18-22(26(20-31)32-5)19-30(34-23)10-6-7-11-30/h8-9,16-18H,6-7,10-15,19H2,1-4H3/b9-8+,26-22+. The molecular weight excluding hydrogens is 418 g/mol. The molecule has 1 spiro atoms. The van der Waals surface area contributed by atoms with Crippen molar-refractivity contribution in [3.63, 3.8) is 0 Å². The van der Waals surface area contributed by atoms with E-state index in [4.69, 9.17) is 11.3 Å². The van der Waals surface area contributed by atoms with Crippen LogP contribution in [0.5, 0.6) is 0 Å². The Morgan fingerprint density at radius 2 is 1.65 bits per heavy atom. The second-order valence-electron chi connectivity index (χ2n) is 11.9. The Kier molecular flexibility index (Phi) is 5.40. The zero-order valence-electron chi connectivity index (χ0n) is 21.0. The Bertz CT molecular complexity index is 1140. The first-order chi connectivity index (χ1) is 16.2. The molecule has 3 aliphatic heterocycles. The van der Waals surface area contributed by atoms with Gasteiger partial charge >= 0.3 is 0 Å². The Morgan fingerprint density at radius 3 is 2.21 bits per heavy atom. The van der Waals surface area contributed by atoms with E-state index in [1.807, 2.05) is 6.08 Å². The fourth-order valence-electron chi connectivity index (χ4n) is 6.32. The van der Waals surface area contributed by atoms with Crippen LogP contribution >= 0.6 is 0 Å². The van der Waals surface area contributed by atoms with Gasteiger partial charge in [-0.15, -0.1) is 0 Å². The lowest BCUT2D eigenvalue weighted by Crippen LogP contribution is -2.44. The zero-order valence-corrected chi connectivity index (χ0v) is 21.0. The van der Waals surface area contributed by atoms with Gasteiger partial charge in [0.2, 0.25) is 0 Å².